The van der Waals surface area contributed by atoms with Crippen molar-refractivity contribution in [2.24, 2.45) is 0 Å². The standard InChI is InChI=1S/C20H27N5O3S/c1-3-25-17(13-24-12-8-4-5-11-19(24)27)22-23-20(25)29-14-18(26)21-15-9-6-7-10-16(15)28-2/h6-7,9-10H,3-5,8,11-14H2,1-2H3,(H,21,26). The van der Waals surface area contributed by atoms with Gasteiger partial charge >= 0.3 is 0 Å². The molecule has 1 saturated heterocycles. The maximum atomic E-state index is 12.4. The van der Waals surface area contributed by atoms with Gasteiger partial charge in [0.1, 0.15) is 5.75 Å². The third-order valence-corrected chi connectivity index (χ3v) is 5.79. The Morgan fingerprint density at radius 2 is 2.07 bits per heavy atom. The first-order chi connectivity index (χ1) is 14.1. The predicted octanol–water partition coefficient (Wildman–Crippen LogP) is 2.94. The molecule has 3 rings (SSSR count). The van der Waals surface area contributed by atoms with Crippen molar-refractivity contribution in [3.8, 4) is 5.75 Å². The van der Waals surface area contributed by atoms with Crippen LogP contribution in [0.3, 0.4) is 0 Å². The number of thioether (sulfide) groups is 1. The Kier molecular flexibility index (Phi) is 7.51. The first-order valence-electron chi connectivity index (χ1n) is 9.88. The molecule has 0 aliphatic carbocycles. The highest BCUT2D eigenvalue weighted by atomic mass is 32.2. The molecule has 1 aliphatic heterocycles. The summed E-state index contributed by atoms with van der Waals surface area (Å²) in [5, 5.41) is 12.1. The van der Waals surface area contributed by atoms with Crippen LogP contribution in [-0.4, -0.2) is 50.9 Å². The summed E-state index contributed by atoms with van der Waals surface area (Å²) in [6.07, 6.45) is 3.67. The molecule has 2 aromatic rings. The minimum Gasteiger partial charge on any atom is -0.495 e. The van der Waals surface area contributed by atoms with Gasteiger partial charge in [-0.05, 0) is 31.9 Å². The summed E-state index contributed by atoms with van der Waals surface area (Å²) in [7, 11) is 1.57. The number of nitrogens with zero attached hydrogens (tertiary/aromatic N) is 4. The van der Waals surface area contributed by atoms with E-state index in [-0.39, 0.29) is 17.6 Å². The zero-order valence-electron chi connectivity index (χ0n) is 16.9. The number of benzene rings is 1. The molecule has 1 aromatic carbocycles. The van der Waals surface area contributed by atoms with Gasteiger partial charge in [0.15, 0.2) is 11.0 Å². The van der Waals surface area contributed by atoms with Gasteiger partial charge in [-0.15, -0.1) is 10.2 Å². The first-order valence-corrected chi connectivity index (χ1v) is 10.9. The van der Waals surface area contributed by atoms with Crippen LogP contribution in [0.15, 0.2) is 29.4 Å². The smallest absolute Gasteiger partial charge is 0.234 e. The van der Waals surface area contributed by atoms with Crippen molar-refractivity contribution in [3.05, 3.63) is 30.1 Å². The second-order valence-electron chi connectivity index (χ2n) is 6.81. The predicted molar refractivity (Wildman–Crippen MR) is 112 cm³/mol. The van der Waals surface area contributed by atoms with E-state index in [1.165, 1.54) is 11.8 Å². The lowest BCUT2D eigenvalue weighted by atomic mass is 10.2. The summed E-state index contributed by atoms with van der Waals surface area (Å²) in [6.45, 7) is 3.92. The normalized spacial score (nSPS) is 14.6. The first kappa shape index (κ1) is 21.2. The van der Waals surface area contributed by atoms with Crippen molar-refractivity contribution in [3.63, 3.8) is 0 Å². The van der Waals surface area contributed by atoms with Gasteiger partial charge in [-0.3, -0.25) is 9.59 Å². The lowest BCUT2D eigenvalue weighted by molar-refractivity contribution is -0.131. The highest BCUT2D eigenvalue weighted by Gasteiger charge is 2.21. The Bertz CT molecular complexity index is 854. The van der Waals surface area contributed by atoms with E-state index >= 15 is 0 Å². The summed E-state index contributed by atoms with van der Waals surface area (Å²) in [6, 6.07) is 7.29. The lowest BCUT2D eigenvalue weighted by Crippen LogP contribution is -2.31. The molecule has 8 nitrogen and oxygen atoms in total. The molecule has 0 bridgehead atoms. The van der Waals surface area contributed by atoms with Crippen LogP contribution in [0.5, 0.6) is 5.75 Å². The number of ether oxygens (including phenoxy) is 1. The van der Waals surface area contributed by atoms with Crippen LogP contribution in [0.4, 0.5) is 5.69 Å². The van der Waals surface area contributed by atoms with Gasteiger partial charge in [-0.2, -0.15) is 0 Å². The Labute approximate surface area is 175 Å². The largest absolute Gasteiger partial charge is 0.495 e. The maximum Gasteiger partial charge on any atom is 0.234 e. The summed E-state index contributed by atoms with van der Waals surface area (Å²) >= 11 is 1.33. The van der Waals surface area contributed by atoms with E-state index in [1.807, 2.05) is 28.5 Å². The SMILES string of the molecule is CCn1c(CN2CCCCCC2=O)nnc1SCC(=O)Nc1ccccc1OC. The third-order valence-electron chi connectivity index (χ3n) is 4.83. The van der Waals surface area contributed by atoms with Crippen molar-refractivity contribution in [1.29, 1.82) is 0 Å². The fourth-order valence-electron chi connectivity index (χ4n) is 3.30. The number of aromatic nitrogens is 3. The molecule has 0 atom stereocenters. The Morgan fingerprint density at radius 1 is 1.24 bits per heavy atom. The summed E-state index contributed by atoms with van der Waals surface area (Å²) < 4.78 is 7.23. The minimum atomic E-state index is -0.144. The number of anilines is 1. The zero-order valence-corrected chi connectivity index (χ0v) is 17.7. The molecule has 2 amide bonds. The van der Waals surface area contributed by atoms with Gasteiger partial charge in [0.2, 0.25) is 11.8 Å². The molecule has 0 spiro atoms. The molecular weight excluding hydrogens is 390 g/mol. The number of carbonyl (C=O) groups is 2. The number of para-hydroxylation sites is 2. The van der Waals surface area contributed by atoms with E-state index in [1.54, 1.807) is 19.2 Å². The van der Waals surface area contributed by atoms with Crippen molar-refractivity contribution >= 4 is 29.3 Å². The Morgan fingerprint density at radius 3 is 2.86 bits per heavy atom. The number of carbonyl (C=O) groups excluding carboxylic acids is 2. The second kappa shape index (κ2) is 10.3. The average Bonchev–Trinajstić information content (AvgIpc) is 3.00. The number of likely N-dealkylation sites (tertiary alicyclic amines) is 1. The fourth-order valence-corrected chi connectivity index (χ4v) is 4.12. The monoisotopic (exact) mass is 417 g/mol. The highest BCUT2D eigenvalue weighted by Crippen LogP contribution is 2.24. The molecule has 29 heavy (non-hydrogen) atoms. The number of nitrogens with one attached hydrogen (secondary N) is 1. The van der Waals surface area contributed by atoms with E-state index in [2.05, 4.69) is 15.5 Å². The minimum absolute atomic E-state index is 0.144. The molecule has 1 aromatic heterocycles. The molecular formula is C20H27N5O3S. The summed E-state index contributed by atoms with van der Waals surface area (Å²) in [5.41, 5.74) is 0.637. The molecule has 0 unspecified atom stereocenters. The highest BCUT2D eigenvalue weighted by molar-refractivity contribution is 7.99. The topological polar surface area (TPSA) is 89.4 Å². The molecule has 2 heterocycles. The quantitative estimate of drug-likeness (QED) is 0.664. The van der Waals surface area contributed by atoms with Crippen LogP contribution in [0, 0.1) is 0 Å². The van der Waals surface area contributed by atoms with Crippen LogP contribution in [0.1, 0.15) is 38.4 Å². The van der Waals surface area contributed by atoms with Crippen LogP contribution in [0.2, 0.25) is 0 Å². The van der Waals surface area contributed by atoms with Crippen LogP contribution < -0.4 is 10.1 Å². The van der Waals surface area contributed by atoms with Gasteiger partial charge in [0.05, 0.1) is 25.1 Å². The summed E-state index contributed by atoms with van der Waals surface area (Å²) in [5.74, 6) is 1.62. The van der Waals surface area contributed by atoms with Crippen molar-refractivity contribution in [1.82, 2.24) is 19.7 Å². The van der Waals surface area contributed by atoms with Gasteiger partial charge in [0.25, 0.3) is 0 Å². The van der Waals surface area contributed by atoms with Crippen LogP contribution in [0.25, 0.3) is 0 Å². The van der Waals surface area contributed by atoms with Gasteiger partial charge < -0.3 is 19.5 Å². The zero-order chi connectivity index (χ0) is 20.6. The second-order valence-corrected chi connectivity index (χ2v) is 7.75. The van der Waals surface area contributed by atoms with Gasteiger partial charge in [-0.1, -0.05) is 30.3 Å². The van der Waals surface area contributed by atoms with Crippen molar-refractivity contribution in [2.45, 2.75) is 50.9 Å². The third kappa shape index (κ3) is 5.50. The van der Waals surface area contributed by atoms with Crippen LogP contribution >= 0.6 is 11.8 Å². The number of rotatable bonds is 8. The number of amides is 2. The molecule has 9 heteroatoms. The molecule has 0 saturated carbocycles. The molecule has 0 radical (unpaired) electrons. The van der Waals surface area contributed by atoms with E-state index in [4.69, 9.17) is 4.74 Å². The number of hydrogen-bond acceptors (Lipinski definition) is 6. The van der Waals surface area contributed by atoms with E-state index in [0.717, 1.165) is 31.6 Å². The van der Waals surface area contributed by atoms with E-state index < -0.39 is 0 Å². The Balaban J connectivity index is 1.61. The van der Waals surface area contributed by atoms with Crippen molar-refractivity contribution < 1.29 is 14.3 Å². The van der Waals surface area contributed by atoms with Gasteiger partial charge in [-0.25, -0.2) is 0 Å². The van der Waals surface area contributed by atoms with Gasteiger partial charge in [0, 0.05) is 19.5 Å². The fraction of sp³-hybridized carbons (Fsp3) is 0.500. The maximum absolute atomic E-state index is 12.4. The molecule has 1 fully saturated rings. The van der Waals surface area contributed by atoms with E-state index in [0.29, 0.717) is 36.1 Å². The van der Waals surface area contributed by atoms with Crippen LogP contribution in [-0.2, 0) is 22.7 Å². The Hall–Kier alpha value is -2.55. The number of methoxy groups -OCH3 is 1. The lowest BCUT2D eigenvalue weighted by Gasteiger charge is -2.20. The average molecular weight is 418 g/mol. The van der Waals surface area contributed by atoms with Crippen molar-refractivity contribution in [2.75, 3.05) is 24.7 Å². The number of hydrogen-bond donors (Lipinski definition) is 1. The summed E-state index contributed by atoms with van der Waals surface area (Å²) in [4.78, 5) is 26.5. The van der Waals surface area contributed by atoms with E-state index in [9.17, 15) is 9.59 Å². The molecule has 1 aliphatic rings. The molecule has 1 N–H and O–H groups in total. The molecule has 156 valence electrons.